The van der Waals surface area contributed by atoms with Gasteiger partial charge in [-0.05, 0) is 40.5 Å². The largest absolute Gasteiger partial charge is 0.475 e. The number of benzene rings is 2. The Labute approximate surface area is 188 Å². The van der Waals surface area contributed by atoms with Crippen LogP contribution in [0.25, 0.3) is 28.2 Å². The van der Waals surface area contributed by atoms with E-state index in [1.807, 2.05) is 31.2 Å². The lowest BCUT2D eigenvalue weighted by molar-refractivity contribution is 0.0684. The summed E-state index contributed by atoms with van der Waals surface area (Å²) in [5.41, 5.74) is 6.31. The van der Waals surface area contributed by atoms with Crippen LogP contribution in [0.5, 0.6) is 0 Å². The average Bonchev–Trinajstić information content (AvgIpc) is 3.52. The van der Waals surface area contributed by atoms with E-state index < -0.39 is 5.97 Å². The van der Waals surface area contributed by atoms with E-state index in [0.29, 0.717) is 30.1 Å². The summed E-state index contributed by atoms with van der Waals surface area (Å²) in [4.78, 5) is 20.3. The van der Waals surface area contributed by atoms with Crippen LogP contribution in [-0.4, -0.2) is 51.3 Å². The minimum Gasteiger partial charge on any atom is -0.475 e. The molecule has 10 nitrogen and oxygen atoms in total. The number of fused-ring (bicyclic) bond motifs is 1. The Morgan fingerprint density at radius 2 is 1.82 bits per heavy atom. The number of carbonyl (C=O) groups is 1. The molecule has 10 heteroatoms. The standard InChI is InChI=1S/C23H20N8O2/c1-3-19-18(22-25-21(23(32)33)28-31(22)13(2)24-19)12-14-8-10-15(11-9-14)16-6-4-5-7-17(16)20-26-29-30-27-20/h4-11H,3,12H2,1-2H3,(H,32,33)(H,26,27,29,30). The second-order valence-corrected chi connectivity index (χ2v) is 7.58. The Morgan fingerprint density at radius 1 is 1.06 bits per heavy atom. The van der Waals surface area contributed by atoms with Crippen molar-refractivity contribution in [2.24, 2.45) is 0 Å². The topological polar surface area (TPSA) is 135 Å². The SMILES string of the molecule is CCc1nc(C)n2nc(C(=O)O)nc2c1Cc1ccc(-c2ccccc2-c2nnn[nH]2)cc1. The minimum atomic E-state index is -1.16. The van der Waals surface area contributed by atoms with E-state index in [1.165, 1.54) is 4.52 Å². The molecule has 0 saturated carbocycles. The van der Waals surface area contributed by atoms with Gasteiger partial charge in [-0.25, -0.2) is 19.9 Å². The van der Waals surface area contributed by atoms with E-state index in [4.69, 9.17) is 0 Å². The van der Waals surface area contributed by atoms with Crippen LogP contribution in [-0.2, 0) is 12.8 Å². The summed E-state index contributed by atoms with van der Waals surface area (Å²) in [5, 5.41) is 27.6. The number of nitrogens with zero attached hydrogens (tertiary/aromatic N) is 7. The first kappa shape index (κ1) is 20.4. The molecule has 0 atom stereocenters. The van der Waals surface area contributed by atoms with Gasteiger partial charge in [0.1, 0.15) is 5.82 Å². The number of rotatable bonds is 6. The maximum absolute atomic E-state index is 11.4. The quantitative estimate of drug-likeness (QED) is 0.411. The lowest BCUT2D eigenvalue weighted by Crippen LogP contribution is -2.08. The van der Waals surface area contributed by atoms with E-state index in [1.54, 1.807) is 6.92 Å². The molecule has 2 N–H and O–H groups in total. The van der Waals surface area contributed by atoms with Crippen molar-refractivity contribution in [2.45, 2.75) is 26.7 Å². The van der Waals surface area contributed by atoms with Crippen molar-refractivity contribution in [3.05, 3.63) is 77.0 Å². The number of aromatic nitrogens is 8. The molecule has 0 fully saturated rings. The van der Waals surface area contributed by atoms with Crippen LogP contribution in [0.3, 0.4) is 0 Å². The molecule has 0 aliphatic rings. The van der Waals surface area contributed by atoms with E-state index >= 15 is 0 Å². The summed E-state index contributed by atoms with van der Waals surface area (Å²) < 4.78 is 1.51. The molecule has 0 unspecified atom stereocenters. The van der Waals surface area contributed by atoms with Crippen LogP contribution in [0, 0.1) is 6.92 Å². The lowest BCUT2D eigenvalue weighted by Gasteiger charge is -2.12. The van der Waals surface area contributed by atoms with Crippen molar-refractivity contribution in [1.29, 1.82) is 0 Å². The summed E-state index contributed by atoms with van der Waals surface area (Å²) in [6.45, 7) is 3.82. The molecule has 33 heavy (non-hydrogen) atoms. The Kier molecular flexibility index (Phi) is 5.09. The van der Waals surface area contributed by atoms with Crippen LogP contribution in [0.15, 0.2) is 48.5 Å². The third-order valence-electron chi connectivity index (χ3n) is 5.53. The molecule has 0 saturated heterocycles. The van der Waals surface area contributed by atoms with E-state index in [0.717, 1.165) is 33.5 Å². The summed E-state index contributed by atoms with van der Waals surface area (Å²) in [7, 11) is 0. The van der Waals surface area contributed by atoms with Crippen LogP contribution in [0.4, 0.5) is 0 Å². The fourth-order valence-electron chi connectivity index (χ4n) is 3.96. The third kappa shape index (κ3) is 3.71. The molecule has 0 aliphatic carbocycles. The van der Waals surface area contributed by atoms with Gasteiger partial charge < -0.3 is 5.11 Å². The summed E-state index contributed by atoms with van der Waals surface area (Å²) >= 11 is 0. The van der Waals surface area contributed by atoms with Crippen LogP contribution in [0.1, 0.15) is 40.2 Å². The first-order chi connectivity index (χ1) is 16.0. The highest BCUT2D eigenvalue weighted by Gasteiger charge is 2.19. The zero-order valence-corrected chi connectivity index (χ0v) is 18.0. The molecule has 0 bridgehead atoms. The maximum Gasteiger partial charge on any atom is 0.375 e. The monoisotopic (exact) mass is 440 g/mol. The summed E-state index contributed by atoms with van der Waals surface area (Å²) in [6.07, 6.45) is 1.27. The smallest absolute Gasteiger partial charge is 0.375 e. The predicted octanol–water partition coefficient (Wildman–Crippen LogP) is 3.13. The Hall–Kier alpha value is -4.47. The van der Waals surface area contributed by atoms with Crippen LogP contribution < -0.4 is 0 Å². The van der Waals surface area contributed by atoms with Crippen molar-refractivity contribution >= 4 is 11.6 Å². The number of aromatic carboxylic acids is 1. The fraction of sp³-hybridized carbons (Fsp3) is 0.174. The third-order valence-corrected chi connectivity index (χ3v) is 5.53. The number of hydrogen-bond acceptors (Lipinski definition) is 7. The van der Waals surface area contributed by atoms with Crippen molar-refractivity contribution in [3.8, 4) is 22.5 Å². The first-order valence-electron chi connectivity index (χ1n) is 10.5. The number of hydrogen-bond donors (Lipinski definition) is 2. The second-order valence-electron chi connectivity index (χ2n) is 7.58. The zero-order chi connectivity index (χ0) is 22.9. The normalized spacial score (nSPS) is 11.2. The van der Waals surface area contributed by atoms with Crippen molar-refractivity contribution in [3.63, 3.8) is 0 Å². The van der Waals surface area contributed by atoms with Gasteiger partial charge in [-0.2, -0.15) is 4.52 Å². The molecular formula is C23H20N8O2. The average molecular weight is 440 g/mol. The lowest BCUT2D eigenvalue weighted by atomic mass is 9.96. The second kappa shape index (κ2) is 8.23. The first-order valence-corrected chi connectivity index (χ1v) is 10.5. The number of nitrogens with one attached hydrogen (secondary N) is 1. The van der Waals surface area contributed by atoms with Crippen LogP contribution in [0.2, 0.25) is 0 Å². The maximum atomic E-state index is 11.4. The Morgan fingerprint density at radius 3 is 2.48 bits per heavy atom. The number of carboxylic acids is 1. The minimum absolute atomic E-state index is 0.233. The summed E-state index contributed by atoms with van der Waals surface area (Å²) in [5.74, 6) is -0.175. The van der Waals surface area contributed by atoms with E-state index in [9.17, 15) is 9.90 Å². The highest BCUT2D eigenvalue weighted by molar-refractivity contribution is 5.84. The molecule has 0 radical (unpaired) electrons. The van der Waals surface area contributed by atoms with Gasteiger partial charge >= 0.3 is 5.97 Å². The molecule has 5 rings (SSSR count). The molecule has 5 aromatic rings. The van der Waals surface area contributed by atoms with Crippen molar-refractivity contribution < 1.29 is 9.90 Å². The number of aromatic amines is 1. The molecule has 164 valence electrons. The molecule has 3 aromatic heterocycles. The van der Waals surface area contributed by atoms with Crippen molar-refractivity contribution in [1.82, 2.24) is 40.2 Å². The molecule has 3 heterocycles. The molecular weight excluding hydrogens is 420 g/mol. The van der Waals surface area contributed by atoms with E-state index in [2.05, 4.69) is 60.0 Å². The van der Waals surface area contributed by atoms with Gasteiger partial charge in [0.25, 0.3) is 5.82 Å². The van der Waals surface area contributed by atoms with Gasteiger partial charge in [0, 0.05) is 23.2 Å². The number of carboxylic acid groups (broad SMARTS) is 1. The summed E-state index contributed by atoms with van der Waals surface area (Å²) in [6, 6.07) is 16.1. The molecule has 0 spiro atoms. The Bertz CT molecular complexity index is 1460. The van der Waals surface area contributed by atoms with Gasteiger partial charge in [0.15, 0.2) is 11.5 Å². The Balaban J connectivity index is 1.52. The van der Waals surface area contributed by atoms with Crippen LogP contribution >= 0.6 is 0 Å². The molecule has 2 aromatic carbocycles. The van der Waals surface area contributed by atoms with Gasteiger partial charge in [-0.3, -0.25) is 0 Å². The van der Waals surface area contributed by atoms with Gasteiger partial charge in [-0.15, -0.1) is 10.2 Å². The highest BCUT2D eigenvalue weighted by atomic mass is 16.4. The van der Waals surface area contributed by atoms with Gasteiger partial charge in [0.2, 0.25) is 0 Å². The molecule has 0 aliphatic heterocycles. The highest BCUT2D eigenvalue weighted by Crippen LogP contribution is 2.30. The van der Waals surface area contributed by atoms with Gasteiger partial charge in [-0.1, -0.05) is 55.5 Å². The number of H-pyrrole nitrogens is 1. The van der Waals surface area contributed by atoms with E-state index in [-0.39, 0.29) is 5.82 Å². The zero-order valence-electron chi connectivity index (χ0n) is 18.0. The predicted molar refractivity (Wildman–Crippen MR) is 120 cm³/mol. The fourth-order valence-corrected chi connectivity index (χ4v) is 3.96. The number of aryl methyl sites for hydroxylation is 2. The molecule has 0 amide bonds. The number of tetrazole rings is 1. The van der Waals surface area contributed by atoms with Gasteiger partial charge in [0.05, 0.1) is 0 Å². The van der Waals surface area contributed by atoms with Crippen molar-refractivity contribution in [2.75, 3.05) is 0 Å².